The van der Waals surface area contributed by atoms with E-state index in [-0.39, 0.29) is 17.9 Å². The number of nitrogens with zero attached hydrogens (tertiary/aromatic N) is 6. The molecule has 3 heterocycles. The lowest BCUT2D eigenvalue weighted by molar-refractivity contribution is -0.129. The van der Waals surface area contributed by atoms with E-state index in [2.05, 4.69) is 73.5 Å². The fourth-order valence-electron chi connectivity index (χ4n) is 4.41. The average molecular weight is 458 g/mol. The summed E-state index contributed by atoms with van der Waals surface area (Å²) in [5, 5.41) is 10.8. The molecular formula is C26H31N7O. The topological polar surface area (TPSA) is 78.7 Å². The largest absolute Gasteiger partial charge is 0.363 e. The van der Waals surface area contributed by atoms with Crippen molar-refractivity contribution in [1.29, 1.82) is 0 Å². The molecular weight excluding hydrogens is 426 g/mol. The third-order valence-electron chi connectivity index (χ3n) is 6.52. The number of rotatable bonds is 5. The Labute approximate surface area is 199 Å². The van der Waals surface area contributed by atoms with Crippen molar-refractivity contribution in [2.24, 2.45) is 0 Å². The molecule has 1 aliphatic heterocycles. The summed E-state index contributed by atoms with van der Waals surface area (Å²) in [6.07, 6.45) is 0. The SMILES string of the molecule is CC(=O)N1CCN(c2cc(N[C@H](C)c3ccc4ccccc4c3)n3nc(C(C)C)nc3n2)CC1. The lowest BCUT2D eigenvalue weighted by atomic mass is 10.0. The molecule has 1 fully saturated rings. The smallest absolute Gasteiger partial charge is 0.256 e. The molecule has 2 aromatic carbocycles. The van der Waals surface area contributed by atoms with Gasteiger partial charge in [-0.15, -0.1) is 5.10 Å². The van der Waals surface area contributed by atoms with Crippen LogP contribution >= 0.6 is 0 Å². The Kier molecular flexibility index (Phi) is 5.81. The van der Waals surface area contributed by atoms with Crippen LogP contribution in [0.1, 0.15) is 51.0 Å². The van der Waals surface area contributed by atoms with Gasteiger partial charge in [0.1, 0.15) is 11.6 Å². The van der Waals surface area contributed by atoms with Crippen LogP contribution < -0.4 is 10.2 Å². The van der Waals surface area contributed by atoms with E-state index in [1.165, 1.54) is 16.3 Å². The molecule has 5 rings (SSSR count). The van der Waals surface area contributed by atoms with Crippen LogP contribution in [-0.4, -0.2) is 56.6 Å². The first-order valence-corrected chi connectivity index (χ1v) is 11.9. The fraction of sp³-hybridized carbons (Fsp3) is 0.385. The summed E-state index contributed by atoms with van der Waals surface area (Å²) < 4.78 is 1.81. The highest BCUT2D eigenvalue weighted by atomic mass is 16.2. The Morgan fingerprint density at radius 3 is 2.38 bits per heavy atom. The van der Waals surface area contributed by atoms with Gasteiger partial charge in [-0.3, -0.25) is 4.79 Å². The van der Waals surface area contributed by atoms with Gasteiger partial charge in [-0.25, -0.2) is 0 Å². The second-order valence-electron chi connectivity index (χ2n) is 9.30. The van der Waals surface area contributed by atoms with E-state index >= 15 is 0 Å². The van der Waals surface area contributed by atoms with Crippen LogP contribution in [0.25, 0.3) is 16.6 Å². The third kappa shape index (κ3) is 4.27. The predicted octanol–water partition coefficient (Wildman–Crippen LogP) is 4.24. The van der Waals surface area contributed by atoms with Crippen molar-refractivity contribution in [2.75, 3.05) is 36.4 Å². The average Bonchev–Trinajstić information content (AvgIpc) is 3.29. The summed E-state index contributed by atoms with van der Waals surface area (Å²) in [6, 6.07) is 17.1. The van der Waals surface area contributed by atoms with E-state index in [1.54, 1.807) is 6.92 Å². The lowest BCUT2D eigenvalue weighted by Crippen LogP contribution is -2.48. The second-order valence-corrected chi connectivity index (χ2v) is 9.30. The molecule has 0 saturated carbocycles. The zero-order valence-electron chi connectivity index (χ0n) is 20.2. The highest BCUT2D eigenvalue weighted by molar-refractivity contribution is 5.83. The van der Waals surface area contributed by atoms with Crippen LogP contribution in [-0.2, 0) is 4.79 Å². The Balaban J connectivity index is 1.48. The molecule has 34 heavy (non-hydrogen) atoms. The molecule has 4 aromatic rings. The van der Waals surface area contributed by atoms with Gasteiger partial charge in [0, 0.05) is 51.1 Å². The van der Waals surface area contributed by atoms with Crippen LogP contribution in [0.15, 0.2) is 48.5 Å². The number of carbonyl (C=O) groups is 1. The van der Waals surface area contributed by atoms with Gasteiger partial charge in [0.2, 0.25) is 5.91 Å². The number of amides is 1. The minimum Gasteiger partial charge on any atom is -0.363 e. The lowest BCUT2D eigenvalue weighted by Gasteiger charge is -2.35. The number of aromatic nitrogens is 4. The van der Waals surface area contributed by atoms with Crippen LogP contribution in [0, 0.1) is 0 Å². The summed E-state index contributed by atoms with van der Waals surface area (Å²) in [4.78, 5) is 25.4. The quantitative estimate of drug-likeness (QED) is 0.483. The maximum Gasteiger partial charge on any atom is 0.256 e. The summed E-state index contributed by atoms with van der Waals surface area (Å²) in [5.41, 5.74) is 1.20. The molecule has 1 N–H and O–H groups in total. The molecule has 8 nitrogen and oxygen atoms in total. The fourth-order valence-corrected chi connectivity index (χ4v) is 4.41. The van der Waals surface area contributed by atoms with E-state index in [1.807, 2.05) is 15.5 Å². The predicted molar refractivity (Wildman–Crippen MR) is 135 cm³/mol. The van der Waals surface area contributed by atoms with Crippen molar-refractivity contribution in [1.82, 2.24) is 24.5 Å². The third-order valence-corrected chi connectivity index (χ3v) is 6.52. The van der Waals surface area contributed by atoms with Crippen molar-refractivity contribution in [3.63, 3.8) is 0 Å². The molecule has 176 valence electrons. The first-order chi connectivity index (χ1) is 16.4. The zero-order valence-corrected chi connectivity index (χ0v) is 20.2. The van der Waals surface area contributed by atoms with Crippen LogP contribution in [0.4, 0.5) is 11.6 Å². The number of carbonyl (C=O) groups excluding carboxylic acids is 1. The van der Waals surface area contributed by atoms with Gasteiger partial charge in [-0.1, -0.05) is 50.2 Å². The van der Waals surface area contributed by atoms with E-state index in [0.29, 0.717) is 18.9 Å². The molecule has 1 amide bonds. The van der Waals surface area contributed by atoms with E-state index in [4.69, 9.17) is 15.1 Å². The Morgan fingerprint density at radius 1 is 0.941 bits per heavy atom. The van der Waals surface area contributed by atoms with Crippen LogP contribution in [0.2, 0.25) is 0 Å². The molecule has 0 radical (unpaired) electrons. The molecule has 0 spiro atoms. The van der Waals surface area contributed by atoms with Crippen LogP contribution in [0.3, 0.4) is 0 Å². The second kappa shape index (κ2) is 8.93. The van der Waals surface area contributed by atoms with Gasteiger partial charge in [0.15, 0.2) is 5.82 Å². The zero-order chi connectivity index (χ0) is 23.8. The summed E-state index contributed by atoms with van der Waals surface area (Å²) in [6.45, 7) is 10.8. The van der Waals surface area contributed by atoms with E-state index < -0.39 is 0 Å². The van der Waals surface area contributed by atoms with Gasteiger partial charge in [-0.05, 0) is 29.3 Å². The monoisotopic (exact) mass is 457 g/mol. The maximum absolute atomic E-state index is 11.7. The number of nitrogens with one attached hydrogen (secondary N) is 1. The minimum atomic E-state index is 0.0596. The first kappa shape index (κ1) is 22.1. The summed E-state index contributed by atoms with van der Waals surface area (Å²) >= 11 is 0. The van der Waals surface area contributed by atoms with Crippen molar-refractivity contribution in [2.45, 2.75) is 39.7 Å². The number of benzene rings is 2. The molecule has 0 bridgehead atoms. The highest BCUT2D eigenvalue weighted by Gasteiger charge is 2.22. The van der Waals surface area contributed by atoms with Gasteiger partial charge in [0.25, 0.3) is 5.78 Å². The Hall–Kier alpha value is -3.68. The number of anilines is 2. The van der Waals surface area contributed by atoms with Gasteiger partial charge in [0.05, 0.1) is 0 Å². The normalized spacial score (nSPS) is 15.3. The molecule has 8 heteroatoms. The van der Waals surface area contributed by atoms with E-state index in [9.17, 15) is 4.79 Å². The maximum atomic E-state index is 11.7. The van der Waals surface area contributed by atoms with Crippen molar-refractivity contribution in [3.8, 4) is 0 Å². The van der Waals surface area contributed by atoms with Crippen LogP contribution in [0.5, 0.6) is 0 Å². The first-order valence-electron chi connectivity index (χ1n) is 11.9. The number of piperazine rings is 1. The molecule has 1 saturated heterocycles. The number of hydrogen-bond donors (Lipinski definition) is 1. The number of fused-ring (bicyclic) bond motifs is 2. The summed E-state index contributed by atoms with van der Waals surface area (Å²) in [7, 11) is 0. The Bertz CT molecular complexity index is 1340. The van der Waals surface area contributed by atoms with Gasteiger partial charge in [-0.2, -0.15) is 14.5 Å². The van der Waals surface area contributed by atoms with Gasteiger partial charge >= 0.3 is 0 Å². The van der Waals surface area contributed by atoms with Crippen molar-refractivity contribution >= 4 is 34.1 Å². The highest BCUT2D eigenvalue weighted by Crippen LogP contribution is 2.27. The molecule has 0 aliphatic carbocycles. The Morgan fingerprint density at radius 2 is 1.68 bits per heavy atom. The molecule has 0 unspecified atom stereocenters. The van der Waals surface area contributed by atoms with Crippen molar-refractivity contribution in [3.05, 3.63) is 59.9 Å². The minimum absolute atomic E-state index is 0.0596. The molecule has 2 aromatic heterocycles. The molecule has 1 aliphatic rings. The van der Waals surface area contributed by atoms with Crippen molar-refractivity contribution < 1.29 is 4.79 Å². The number of hydrogen-bond acceptors (Lipinski definition) is 6. The van der Waals surface area contributed by atoms with E-state index in [0.717, 1.165) is 30.5 Å². The molecule has 1 atom stereocenters. The standard InChI is InChI=1S/C26H31N7O/c1-17(2)25-29-26-28-23(32-13-11-31(12-14-32)19(4)34)16-24(33(26)30-25)27-18(3)21-10-9-20-7-5-6-8-22(20)15-21/h5-10,15-18,27H,11-14H2,1-4H3/t18-/m1/s1. The van der Waals surface area contributed by atoms with Gasteiger partial charge < -0.3 is 15.1 Å². The summed E-state index contributed by atoms with van der Waals surface area (Å²) in [5.74, 6) is 3.39.